The maximum Gasteiger partial charge on any atom is 0.163 e. The third-order valence-corrected chi connectivity index (χ3v) is 6.79. The zero-order valence-electron chi connectivity index (χ0n) is 19.6. The number of ether oxygens (including phenoxy) is 1. The Morgan fingerprint density at radius 3 is 2.48 bits per heavy atom. The van der Waals surface area contributed by atoms with E-state index in [0.717, 1.165) is 24.0 Å². The summed E-state index contributed by atoms with van der Waals surface area (Å²) < 4.78 is 6.16. The van der Waals surface area contributed by atoms with Gasteiger partial charge in [0.1, 0.15) is 17.6 Å². The first kappa shape index (κ1) is 23.2. The maximum atomic E-state index is 13.3. The van der Waals surface area contributed by atoms with Crippen molar-refractivity contribution in [3.8, 4) is 28.7 Å². The van der Waals surface area contributed by atoms with Crippen molar-refractivity contribution in [1.82, 2.24) is 5.32 Å². The van der Waals surface area contributed by atoms with Crippen LogP contribution < -0.4 is 10.1 Å². The summed E-state index contributed by atoms with van der Waals surface area (Å²) in [5.41, 5.74) is 3.07. The SMILES string of the molecule is CC1(C)CC(CC(=O)c2ccc(Oc3ccccc3C#N)c(-c3ccsc3)c2)CC(C)(C)N1. The fourth-order valence-electron chi connectivity index (χ4n) is 5.26. The Balaban J connectivity index is 1.62. The number of hydrogen-bond donors (Lipinski definition) is 1. The Labute approximate surface area is 200 Å². The molecule has 4 rings (SSSR count). The Morgan fingerprint density at radius 2 is 1.82 bits per heavy atom. The fraction of sp³-hybridized carbons (Fsp3) is 0.357. The van der Waals surface area contributed by atoms with E-state index < -0.39 is 0 Å². The van der Waals surface area contributed by atoms with Crippen molar-refractivity contribution in [2.24, 2.45) is 5.92 Å². The number of nitriles is 1. The molecule has 1 fully saturated rings. The van der Waals surface area contributed by atoms with Crippen LogP contribution in [0.2, 0.25) is 0 Å². The molecule has 1 aromatic heterocycles. The Hall–Kier alpha value is -2.94. The molecule has 0 aliphatic carbocycles. The zero-order valence-corrected chi connectivity index (χ0v) is 20.5. The highest BCUT2D eigenvalue weighted by atomic mass is 32.1. The van der Waals surface area contributed by atoms with Crippen molar-refractivity contribution >= 4 is 17.1 Å². The minimum Gasteiger partial charge on any atom is -0.455 e. The lowest BCUT2D eigenvalue weighted by Crippen LogP contribution is -2.57. The van der Waals surface area contributed by atoms with E-state index in [4.69, 9.17) is 4.74 Å². The molecule has 5 heteroatoms. The van der Waals surface area contributed by atoms with Gasteiger partial charge in [-0.1, -0.05) is 12.1 Å². The third kappa shape index (κ3) is 5.52. The van der Waals surface area contributed by atoms with Crippen LogP contribution in [0, 0.1) is 17.2 Å². The predicted octanol–water partition coefficient (Wildman–Crippen LogP) is 7.21. The molecule has 0 amide bonds. The molecule has 0 radical (unpaired) electrons. The molecule has 1 saturated heterocycles. The second-order valence-electron chi connectivity index (χ2n) is 10.2. The fourth-order valence-corrected chi connectivity index (χ4v) is 5.92. The van der Waals surface area contributed by atoms with Crippen LogP contribution in [0.1, 0.15) is 62.9 Å². The Kier molecular flexibility index (Phi) is 6.43. The first-order valence-corrected chi connectivity index (χ1v) is 12.3. The molecule has 0 bridgehead atoms. The quantitative estimate of drug-likeness (QED) is 0.396. The average molecular weight is 459 g/mol. The third-order valence-electron chi connectivity index (χ3n) is 6.11. The van der Waals surface area contributed by atoms with E-state index in [-0.39, 0.29) is 16.9 Å². The van der Waals surface area contributed by atoms with Crippen molar-refractivity contribution in [1.29, 1.82) is 5.26 Å². The van der Waals surface area contributed by atoms with Gasteiger partial charge in [0.05, 0.1) is 5.56 Å². The van der Waals surface area contributed by atoms with E-state index in [0.29, 0.717) is 35.0 Å². The summed E-state index contributed by atoms with van der Waals surface area (Å²) >= 11 is 1.60. The number of carbonyl (C=O) groups is 1. The first-order valence-electron chi connectivity index (χ1n) is 11.3. The molecule has 1 N–H and O–H groups in total. The minimum absolute atomic E-state index is 0.0143. The number of ketones is 1. The van der Waals surface area contributed by atoms with Gasteiger partial charge >= 0.3 is 0 Å². The Morgan fingerprint density at radius 1 is 1.09 bits per heavy atom. The van der Waals surface area contributed by atoms with Crippen LogP contribution >= 0.6 is 11.3 Å². The summed E-state index contributed by atoms with van der Waals surface area (Å²) in [5.74, 6) is 1.65. The number of piperidine rings is 1. The summed E-state index contributed by atoms with van der Waals surface area (Å²) in [5, 5.41) is 17.2. The standard InChI is InChI=1S/C28H30N2O2S/c1-27(2)15-19(16-28(3,4)30-27)13-24(31)20-9-10-26(23(14-20)22-11-12-33-18-22)32-25-8-6-5-7-21(25)17-29/h5-12,14,18-19,30H,13,15-16H2,1-4H3. The Bertz CT molecular complexity index is 1170. The predicted molar refractivity (Wildman–Crippen MR) is 134 cm³/mol. The average Bonchev–Trinajstić information content (AvgIpc) is 3.26. The topological polar surface area (TPSA) is 62.1 Å². The van der Waals surface area contributed by atoms with Crippen molar-refractivity contribution < 1.29 is 9.53 Å². The lowest BCUT2D eigenvalue weighted by Gasteiger charge is -2.46. The second kappa shape index (κ2) is 9.13. The van der Waals surface area contributed by atoms with Gasteiger partial charge in [-0.25, -0.2) is 0 Å². The molecule has 4 nitrogen and oxygen atoms in total. The zero-order chi connectivity index (χ0) is 23.6. The van der Waals surface area contributed by atoms with Crippen LogP contribution in [-0.4, -0.2) is 16.9 Å². The summed E-state index contributed by atoms with van der Waals surface area (Å²) in [6, 6.07) is 17.0. The number of para-hydroxylation sites is 1. The summed E-state index contributed by atoms with van der Waals surface area (Å²) in [7, 11) is 0. The number of benzene rings is 2. The van der Waals surface area contributed by atoms with Gasteiger partial charge in [-0.15, -0.1) is 0 Å². The number of rotatable bonds is 6. The van der Waals surface area contributed by atoms with Crippen LogP contribution in [-0.2, 0) is 0 Å². The molecule has 33 heavy (non-hydrogen) atoms. The first-order chi connectivity index (χ1) is 15.7. The molecule has 1 aliphatic heterocycles. The van der Waals surface area contributed by atoms with E-state index >= 15 is 0 Å². The van der Waals surface area contributed by atoms with Crippen molar-refractivity contribution in [2.45, 2.75) is 58.0 Å². The van der Waals surface area contributed by atoms with Crippen LogP contribution in [0.4, 0.5) is 0 Å². The van der Waals surface area contributed by atoms with Crippen LogP contribution in [0.3, 0.4) is 0 Å². The molecular formula is C28H30N2O2S. The van der Waals surface area contributed by atoms with Crippen molar-refractivity contribution in [3.05, 3.63) is 70.4 Å². The van der Waals surface area contributed by atoms with Gasteiger partial charge in [0, 0.05) is 28.6 Å². The van der Waals surface area contributed by atoms with Gasteiger partial charge in [0.25, 0.3) is 0 Å². The van der Waals surface area contributed by atoms with Gasteiger partial charge in [-0.3, -0.25) is 4.79 Å². The molecular weight excluding hydrogens is 428 g/mol. The molecule has 2 aromatic carbocycles. The van der Waals surface area contributed by atoms with Gasteiger partial charge in [0.2, 0.25) is 0 Å². The highest BCUT2D eigenvalue weighted by Crippen LogP contribution is 2.38. The summed E-state index contributed by atoms with van der Waals surface area (Å²) in [6.45, 7) is 8.85. The van der Waals surface area contributed by atoms with E-state index in [1.54, 1.807) is 23.5 Å². The number of carbonyl (C=O) groups excluding carboxylic acids is 1. The van der Waals surface area contributed by atoms with Gasteiger partial charge in [-0.2, -0.15) is 16.6 Å². The number of hydrogen-bond acceptors (Lipinski definition) is 5. The molecule has 3 aromatic rings. The smallest absolute Gasteiger partial charge is 0.163 e. The van der Waals surface area contributed by atoms with Crippen LogP contribution in [0.15, 0.2) is 59.3 Å². The molecule has 1 aliphatic rings. The number of thiophene rings is 1. The minimum atomic E-state index is 0.0143. The molecule has 2 heterocycles. The highest BCUT2D eigenvalue weighted by Gasteiger charge is 2.38. The van der Waals surface area contributed by atoms with Gasteiger partial charge < -0.3 is 10.1 Å². The maximum absolute atomic E-state index is 13.3. The van der Waals surface area contributed by atoms with Gasteiger partial charge in [-0.05, 0) is 99.2 Å². The number of Topliss-reactive ketones (excluding diaryl/α,β-unsaturated/α-hetero) is 1. The van der Waals surface area contributed by atoms with E-state index in [2.05, 4.69) is 39.1 Å². The van der Waals surface area contributed by atoms with Crippen LogP contribution in [0.5, 0.6) is 11.5 Å². The highest BCUT2D eigenvalue weighted by molar-refractivity contribution is 7.08. The second-order valence-corrected chi connectivity index (χ2v) is 11.0. The lowest BCUT2D eigenvalue weighted by atomic mass is 9.74. The van der Waals surface area contributed by atoms with Crippen molar-refractivity contribution in [3.63, 3.8) is 0 Å². The molecule has 170 valence electrons. The largest absolute Gasteiger partial charge is 0.455 e. The summed E-state index contributed by atoms with van der Waals surface area (Å²) in [4.78, 5) is 13.3. The molecule has 0 saturated carbocycles. The number of nitrogens with one attached hydrogen (secondary N) is 1. The van der Waals surface area contributed by atoms with Crippen molar-refractivity contribution in [2.75, 3.05) is 0 Å². The number of nitrogens with zero attached hydrogens (tertiary/aromatic N) is 1. The summed E-state index contributed by atoms with van der Waals surface area (Å²) in [6.07, 6.45) is 2.49. The van der Waals surface area contributed by atoms with Crippen LogP contribution in [0.25, 0.3) is 11.1 Å². The normalized spacial score (nSPS) is 17.3. The van der Waals surface area contributed by atoms with E-state index in [9.17, 15) is 10.1 Å². The lowest BCUT2D eigenvalue weighted by molar-refractivity contribution is 0.0864. The monoisotopic (exact) mass is 458 g/mol. The molecule has 0 spiro atoms. The van der Waals surface area contributed by atoms with E-state index in [1.807, 2.05) is 47.2 Å². The van der Waals surface area contributed by atoms with Gasteiger partial charge in [0.15, 0.2) is 5.78 Å². The molecule has 0 unspecified atom stereocenters. The van der Waals surface area contributed by atoms with E-state index in [1.165, 1.54) is 0 Å². The molecule has 0 atom stereocenters.